The summed E-state index contributed by atoms with van der Waals surface area (Å²) < 4.78 is 7.66. The van der Waals surface area contributed by atoms with Gasteiger partial charge in [0.2, 0.25) is 5.43 Å². The standard InChI is InChI=1S/C12H6Br2O2S/c13-6-1-2-9-8(3-6)11(15)12-10(16-9)4-7(14)5-17-12/h1-4H,5H2. The van der Waals surface area contributed by atoms with Gasteiger partial charge >= 0.3 is 0 Å². The van der Waals surface area contributed by atoms with Gasteiger partial charge in [0.1, 0.15) is 11.3 Å². The summed E-state index contributed by atoms with van der Waals surface area (Å²) in [4.78, 5) is 13.0. The highest BCUT2D eigenvalue weighted by molar-refractivity contribution is 9.12. The minimum atomic E-state index is 0.0452. The third kappa shape index (κ3) is 2.00. The first kappa shape index (κ1) is 11.6. The number of hydrogen-bond donors (Lipinski definition) is 0. The molecule has 17 heavy (non-hydrogen) atoms. The molecule has 0 amide bonds. The molecule has 0 N–H and O–H groups in total. The van der Waals surface area contributed by atoms with Crippen LogP contribution >= 0.6 is 43.6 Å². The van der Waals surface area contributed by atoms with E-state index in [0.717, 1.165) is 14.7 Å². The molecule has 1 aliphatic rings. The van der Waals surface area contributed by atoms with Crippen LogP contribution in [0.25, 0.3) is 17.0 Å². The summed E-state index contributed by atoms with van der Waals surface area (Å²) >= 11 is 8.30. The highest BCUT2D eigenvalue weighted by Crippen LogP contribution is 2.33. The molecule has 0 radical (unpaired) electrons. The van der Waals surface area contributed by atoms with E-state index in [1.54, 1.807) is 6.07 Å². The summed E-state index contributed by atoms with van der Waals surface area (Å²) in [6, 6.07) is 5.48. The fourth-order valence-electron chi connectivity index (χ4n) is 1.72. The van der Waals surface area contributed by atoms with E-state index in [4.69, 9.17) is 4.42 Å². The van der Waals surface area contributed by atoms with Crippen LogP contribution in [0.4, 0.5) is 0 Å². The molecule has 0 bridgehead atoms. The molecule has 2 aromatic rings. The second kappa shape index (κ2) is 4.30. The maximum absolute atomic E-state index is 12.3. The van der Waals surface area contributed by atoms with Gasteiger partial charge in [-0.2, -0.15) is 0 Å². The zero-order valence-corrected chi connectivity index (χ0v) is 12.5. The van der Waals surface area contributed by atoms with Crippen LogP contribution < -0.4 is 5.43 Å². The first-order valence-electron chi connectivity index (χ1n) is 4.90. The smallest absolute Gasteiger partial charge is 0.206 e. The van der Waals surface area contributed by atoms with Gasteiger partial charge in [-0.05, 0) is 24.3 Å². The molecule has 0 spiro atoms. The van der Waals surface area contributed by atoms with Crippen molar-refractivity contribution in [2.45, 2.75) is 4.90 Å². The van der Waals surface area contributed by atoms with Gasteiger partial charge < -0.3 is 4.42 Å². The molecule has 2 heterocycles. The second-order valence-electron chi connectivity index (χ2n) is 3.64. The van der Waals surface area contributed by atoms with E-state index in [-0.39, 0.29) is 5.43 Å². The van der Waals surface area contributed by atoms with Gasteiger partial charge in [0.15, 0.2) is 0 Å². The van der Waals surface area contributed by atoms with Crippen LogP contribution in [0.2, 0.25) is 0 Å². The Kier molecular flexibility index (Phi) is 2.92. The second-order valence-corrected chi connectivity index (χ2v) is 6.56. The first-order chi connectivity index (χ1) is 8.15. The third-order valence-corrected chi connectivity index (χ3v) is 4.98. The maximum Gasteiger partial charge on any atom is 0.206 e. The number of thioether (sulfide) groups is 1. The van der Waals surface area contributed by atoms with Crippen molar-refractivity contribution in [3.8, 4) is 0 Å². The van der Waals surface area contributed by atoms with Gasteiger partial charge in [-0.25, -0.2) is 0 Å². The number of rotatable bonds is 0. The van der Waals surface area contributed by atoms with E-state index in [1.807, 2.05) is 18.2 Å². The Morgan fingerprint density at radius 2 is 2.12 bits per heavy atom. The molecule has 0 saturated heterocycles. The van der Waals surface area contributed by atoms with Gasteiger partial charge in [-0.1, -0.05) is 31.9 Å². The van der Waals surface area contributed by atoms with Crippen LogP contribution in [-0.4, -0.2) is 5.75 Å². The molecule has 1 aromatic heterocycles. The fraction of sp³-hybridized carbons (Fsp3) is 0.0833. The Bertz CT molecular complexity index is 703. The Balaban J connectivity index is 2.41. The molecule has 0 aliphatic carbocycles. The van der Waals surface area contributed by atoms with E-state index < -0.39 is 0 Å². The van der Waals surface area contributed by atoms with Gasteiger partial charge in [0.25, 0.3) is 0 Å². The predicted molar refractivity (Wildman–Crippen MR) is 77.8 cm³/mol. The Morgan fingerprint density at radius 3 is 2.94 bits per heavy atom. The van der Waals surface area contributed by atoms with Gasteiger partial charge in [-0.15, -0.1) is 11.8 Å². The van der Waals surface area contributed by atoms with Crippen molar-refractivity contribution in [2.75, 3.05) is 5.75 Å². The molecule has 1 aromatic carbocycles. The predicted octanol–water partition coefficient (Wildman–Crippen LogP) is 4.40. The van der Waals surface area contributed by atoms with Crippen LogP contribution in [-0.2, 0) is 0 Å². The van der Waals surface area contributed by atoms with Crippen molar-refractivity contribution in [3.05, 3.63) is 43.1 Å². The van der Waals surface area contributed by atoms with Crippen LogP contribution in [0, 0.1) is 0 Å². The van der Waals surface area contributed by atoms with Crippen LogP contribution in [0.3, 0.4) is 0 Å². The van der Waals surface area contributed by atoms with Crippen molar-refractivity contribution in [1.82, 2.24) is 0 Å². The topological polar surface area (TPSA) is 30.2 Å². The quantitative estimate of drug-likeness (QED) is 0.685. The summed E-state index contributed by atoms with van der Waals surface area (Å²) in [5.41, 5.74) is 0.666. The van der Waals surface area contributed by atoms with Crippen LogP contribution in [0.5, 0.6) is 0 Å². The number of benzene rings is 1. The monoisotopic (exact) mass is 372 g/mol. The Hall–Kier alpha value is -0.520. The molecule has 86 valence electrons. The molecule has 0 unspecified atom stereocenters. The summed E-state index contributed by atoms with van der Waals surface area (Å²) in [6.07, 6.45) is 1.87. The molecule has 5 heteroatoms. The molecule has 1 aliphatic heterocycles. The van der Waals surface area contributed by atoms with Crippen molar-refractivity contribution < 1.29 is 4.42 Å². The van der Waals surface area contributed by atoms with Gasteiger partial charge in [0.05, 0.1) is 10.3 Å². The maximum atomic E-state index is 12.3. The van der Waals surface area contributed by atoms with E-state index in [0.29, 0.717) is 21.6 Å². The summed E-state index contributed by atoms with van der Waals surface area (Å²) in [5, 5.41) is 0.622. The summed E-state index contributed by atoms with van der Waals surface area (Å²) in [5.74, 6) is 1.42. The lowest BCUT2D eigenvalue weighted by molar-refractivity contribution is 0.574. The fourth-order valence-corrected chi connectivity index (χ4v) is 3.49. The zero-order chi connectivity index (χ0) is 12.0. The van der Waals surface area contributed by atoms with Gasteiger partial charge in [-0.3, -0.25) is 4.79 Å². The van der Waals surface area contributed by atoms with Crippen molar-refractivity contribution in [2.24, 2.45) is 0 Å². The molecule has 0 saturated carbocycles. The van der Waals surface area contributed by atoms with Gasteiger partial charge in [0, 0.05) is 14.7 Å². The molecule has 2 nitrogen and oxygen atoms in total. The number of halogens is 2. The first-order valence-corrected chi connectivity index (χ1v) is 7.47. The SMILES string of the molecule is O=c1c2c(oc3ccc(Br)cc13)C=C(Br)CS2. The highest BCUT2D eigenvalue weighted by Gasteiger charge is 2.17. The normalized spacial score (nSPS) is 14.6. The zero-order valence-electron chi connectivity index (χ0n) is 8.50. The minimum absolute atomic E-state index is 0.0452. The average Bonchev–Trinajstić information content (AvgIpc) is 2.30. The third-order valence-electron chi connectivity index (χ3n) is 2.48. The molecular formula is C12H6Br2O2S. The molecule has 0 fully saturated rings. The Labute approximate surface area is 118 Å². The van der Waals surface area contributed by atoms with Crippen LogP contribution in [0.1, 0.15) is 5.76 Å². The molecular weight excluding hydrogens is 368 g/mol. The van der Waals surface area contributed by atoms with E-state index in [9.17, 15) is 4.79 Å². The lowest BCUT2D eigenvalue weighted by Gasteiger charge is -2.11. The lowest BCUT2D eigenvalue weighted by Crippen LogP contribution is -2.09. The summed E-state index contributed by atoms with van der Waals surface area (Å²) in [6.45, 7) is 0. The number of fused-ring (bicyclic) bond motifs is 2. The van der Waals surface area contributed by atoms with E-state index in [2.05, 4.69) is 31.9 Å². The summed E-state index contributed by atoms with van der Waals surface area (Å²) in [7, 11) is 0. The largest absolute Gasteiger partial charge is 0.455 e. The average molecular weight is 374 g/mol. The lowest BCUT2D eigenvalue weighted by atomic mass is 10.2. The molecule has 3 rings (SSSR count). The molecule has 0 atom stereocenters. The minimum Gasteiger partial charge on any atom is -0.455 e. The number of hydrogen-bond acceptors (Lipinski definition) is 3. The van der Waals surface area contributed by atoms with Crippen molar-refractivity contribution in [1.29, 1.82) is 0 Å². The Morgan fingerprint density at radius 1 is 1.29 bits per heavy atom. The van der Waals surface area contributed by atoms with Crippen LogP contribution in [0.15, 0.2) is 41.3 Å². The van der Waals surface area contributed by atoms with Crippen molar-refractivity contribution >= 4 is 60.7 Å². The van der Waals surface area contributed by atoms with E-state index >= 15 is 0 Å². The van der Waals surface area contributed by atoms with E-state index in [1.165, 1.54) is 11.8 Å². The highest BCUT2D eigenvalue weighted by atomic mass is 79.9. The van der Waals surface area contributed by atoms with Crippen molar-refractivity contribution in [3.63, 3.8) is 0 Å².